The van der Waals surface area contributed by atoms with Crippen LogP contribution in [0, 0.1) is 0 Å². The Labute approximate surface area is 101 Å². The normalized spacial score (nSPS) is 35.8. The zero-order valence-electron chi connectivity index (χ0n) is 9.21. The van der Waals surface area contributed by atoms with Crippen LogP contribution in [0.1, 0.15) is 12.8 Å². The van der Waals surface area contributed by atoms with Gasteiger partial charge in [0.1, 0.15) is 6.10 Å². The van der Waals surface area contributed by atoms with Gasteiger partial charge in [0.05, 0.1) is 12.2 Å². The number of rotatable bonds is 5. The molecule has 4 unspecified atom stereocenters. The molecule has 4 N–H and O–H groups in total. The quantitative estimate of drug-likeness (QED) is 0.170. The van der Waals surface area contributed by atoms with E-state index in [0.29, 0.717) is 0 Å². The van der Waals surface area contributed by atoms with Gasteiger partial charge in [0.2, 0.25) is 0 Å². The molecular formula is C8H13N3O7. The second kappa shape index (κ2) is 5.96. The fourth-order valence-corrected chi connectivity index (χ4v) is 1.74. The molecule has 10 nitrogen and oxygen atoms in total. The van der Waals surface area contributed by atoms with Gasteiger partial charge in [-0.05, 0) is 12.0 Å². The molecule has 0 radical (unpaired) electrons. The lowest BCUT2D eigenvalue weighted by atomic mass is 9.94. The molecule has 0 spiro atoms. The molecule has 0 aromatic heterocycles. The summed E-state index contributed by atoms with van der Waals surface area (Å²) in [6, 6.07) is 0. The Morgan fingerprint density at radius 2 is 2.33 bits per heavy atom. The molecule has 0 amide bonds. The van der Waals surface area contributed by atoms with E-state index in [4.69, 9.17) is 20.6 Å². The summed E-state index contributed by atoms with van der Waals surface area (Å²) in [6.45, 7) is -0.0660. The standard InChI is InChI=1S/C8H13N3O7/c9-11-10-2-1-5-6(18-16)4(12)3-8(15,17-5)7(13)14/h4-6,12,15-16H,1-3H2,(H,13,14). The number of nitrogens with zero attached hydrogens (tertiary/aromatic N) is 3. The smallest absolute Gasteiger partial charge is 0.364 e. The number of aliphatic hydroxyl groups is 2. The van der Waals surface area contributed by atoms with E-state index in [0.717, 1.165) is 0 Å². The summed E-state index contributed by atoms with van der Waals surface area (Å²) >= 11 is 0. The highest BCUT2D eigenvalue weighted by Crippen LogP contribution is 2.30. The van der Waals surface area contributed by atoms with Crippen molar-refractivity contribution in [2.24, 2.45) is 5.11 Å². The van der Waals surface area contributed by atoms with Gasteiger partial charge >= 0.3 is 5.97 Å². The van der Waals surface area contributed by atoms with E-state index in [2.05, 4.69) is 14.9 Å². The van der Waals surface area contributed by atoms with Crippen molar-refractivity contribution < 1.29 is 35.0 Å². The molecular weight excluding hydrogens is 250 g/mol. The molecule has 1 rings (SSSR count). The highest BCUT2D eigenvalue weighted by atomic mass is 17.1. The van der Waals surface area contributed by atoms with Crippen molar-refractivity contribution in [3.63, 3.8) is 0 Å². The van der Waals surface area contributed by atoms with Gasteiger partial charge < -0.3 is 20.1 Å². The summed E-state index contributed by atoms with van der Waals surface area (Å²) in [5.41, 5.74) is 8.11. The molecule has 1 fully saturated rings. The topological polar surface area (TPSA) is 165 Å². The maximum absolute atomic E-state index is 10.8. The van der Waals surface area contributed by atoms with Crippen LogP contribution in [0.25, 0.3) is 10.4 Å². The van der Waals surface area contributed by atoms with Crippen molar-refractivity contribution in [1.82, 2.24) is 0 Å². The molecule has 102 valence electrons. The van der Waals surface area contributed by atoms with E-state index in [1.165, 1.54) is 0 Å². The van der Waals surface area contributed by atoms with Crippen molar-refractivity contribution in [1.29, 1.82) is 0 Å². The Morgan fingerprint density at radius 1 is 1.67 bits per heavy atom. The molecule has 1 aliphatic heterocycles. The number of azide groups is 1. The van der Waals surface area contributed by atoms with Crippen LogP contribution >= 0.6 is 0 Å². The van der Waals surface area contributed by atoms with Crippen molar-refractivity contribution in [2.75, 3.05) is 6.54 Å². The van der Waals surface area contributed by atoms with Crippen molar-refractivity contribution in [3.8, 4) is 0 Å². The van der Waals surface area contributed by atoms with Crippen molar-refractivity contribution in [2.45, 2.75) is 36.9 Å². The Morgan fingerprint density at radius 3 is 2.83 bits per heavy atom. The van der Waals surface area contributed by atoms with Crippen LogP contribution in [0.15, 0.2) is 5.11 Å². The highest BCUT2D eigenvalue weighted by molar-refractivity contribution is 5.75. The minimum atomic E-state index is -2.56. The number of hydrogen-bond donors (Lipinski definition) is 4. The summed E-state index contributed by atoms with van der Waals surface area (Å²) in [7, 11) is 0. The van der Waals surface area contributed by atoms with Gasteiger partial charge in [0.15, 0.2) is 0 Å². The summed E-state index contributed by atoms with van der Waals surface area (Å²) in [5.74, 6) is -4.22. The SMILES string of the molecule is [N-]=[N+]=NCCC1OC(O)(C(=O)O)CC(O)C1OO. The van der Waals surface area contributed by atoms with E-state index in [1.54, 1.807) is 0 Å². The zero-order valence-corrected chi connectivity index (χ0v) is 9.21. The molecule has 4 atom stereocenters. The van der Waals surface area contributed by atoms with Crippen LogP contribution < -0.4 is 0 Å². The first kappa shape index (κ1) is 14.6. The third-order valence-electron chi connectivity index (χ3n) is 2.61. The Kier molecular flexibility index (Phi) is 4.84. The summed E-state index contributed by atoms with van der Waals surface area (Å²) in [5, 5.41) is 39.8. The van der Waals surface area contributed by atoms with Gasteiger partial charge in [0, 0.05) is 17.9 Å². The Hall–Kier alpha value is -1.42. The summed E-state index contributed by atoms with van der Waals surface area (Å²) < 4.78 is 4.88. The number of carbonyl (C=O) groups is 1. The Bertz CT molecular complexity index is 359. The van der Waals surface area contributed by atoms with Gasteiger partial charge in [-0.2, -0.15) is 0 Å². The van der Waals surface area contributed by atoms with Crippen LogP contribution in [-0.4, -0.2) is 57.2 Å². The summed E-state index contributed by atoms with van der Waals surface area (Å²) in [6.07, 6.45) is -4.45. The first-order chi connectivity index (χ1) is 8.44. The van der Waals surface area contributed by atoms with Crippen LogP contribution in [0.5, 0.6) is 0 Å². The first-order valence-corrected chi connectivity index (χ1v) is 5.07. The van der Waals surface area contributed by atoms with Crippen molar-refractivity contribution >= 4 is 5.97 Å². The van der Waals surface area contributed by atoms with Crippen LogP contribution in [0.4, 0.5) is 0 Å². The van der Waals surface area contributed by atoms with E-state index in [9.17, 15) is 15.0 Å². The molecule has 0 saturated carbocycles. The average molecular weight is 263 g/mol. The average Bonchev–Trinajstić information content (AvgIpc) is 2.28. The van der Waals surface area contributed by atoms with Gasteiger partial charge in [-0.1, -0.05) is 5.11 Å². The maximum atomic E-state index is 10.8. The Balaban J connectivity index is 2.81. The third kappa shape index (κ3) is 3.07. The first-order valence-electron chi connectivity index (χ1n) is 5.07. The predicted octanol–water partition coefficient (Wildman–Crippen LogP) is -0.532. The minimum absolute atomic E-state index is 0.0259. The lowest BCUT2D eigenvalue weighted by molar-refractivity contribution is -0.367. The van der Waals surface area contributed by atoms with E-state index in [1.807, 2.05) is 0 Å². The number of carboxylic acid groups (broad SMARTS) is 1. The van der Waals surface area contributed by atoms with E-state index >= 15 is 0 Å². The fourth-order valence-electron chi connectivity index (χ4n) is 1.74. The van der Waals surface area contributed by atoms with Gasteiger partial charge in [-0.25, -0.2) is 9.68 Å². The molecule has 18 heavy (non-hydrogen) atoms. The monoisotopic (exact) mass is 263 g/mol. The fraction of sp³-hybridized carbons (Fsp3) is 0.875. The lowest BCUT2D eigenvalue weighted by Gasteiger charge is -2.40. The van der Waals surface area contributed by atoms with Crippen LogP contribution in [0.3, 0.4) is 0 Å². The van der Waals surface area contributed by atoms with Gasteiger partial charge in [-0.3, -0.25) is 5.26 Å². The molecule has 0 aromatic rings. The molecule has 0 bridgehead atoms. The number of carboxylic acids is 1. The molecule has 1 saturated heterocycles. The molecule has 1 aliphatic rings. The molecule has 0 aromatic carbocycles. The number of aliphatic hydroxyl groups excluding tert-OH is 1. The summed E-state index contributed by atoms with van der Waals surface area (Å²) in [4.78, 5) is 17.3. The second-order valence-electron chi connectivity index (χ2n) is 3.83. The van der Waals surface area contributed by atoms with Crippen molar-refractivity contribution in [3.05, 3.63) is 10.4 Å². The predicted molar refractivity (Wildman–Crippen MR) is 54.2 cm³/mol. The highest BCUT2D eigenvalue weighted by Gasteiger charge is 2.51. The maximum Gasteiger partial charge on any atom is 0.364 e. The van der Waals surface area contributed by atoms with Gasteiger partial charge in [0.25, 0.3) is 5.79 Å². The lowest BCUT2D eigenvalue weighted by Crippen LogP contribution is -2.58. The van der Waals surface area contributed by atoms with E-state index in [-0.39, 0.29) is 13.0 Å². The van der Waals surface area contributed by atoms with Gasteiger partial charge in [-0.15, -0.1) is 0 Å². The van der Waals surface area contributed by atoms with Crippen LogP contribution in [0.2, 0.25) is 0 Å². The zero-order chi connectivity index (χ0) is 13.8. The number of hydrogen-bond acceptors (Lipinski definition) is 7. The third-order valence-corrected chi connectivity index (χ3v) is 2.61. The second-order valence-corrected chi connectivity index (χ2v) is 3.83. The van der Waals surface area contributed by atoms with E-state index < -0.39 is 36.5 Å². The minimum Gasteiger partial charge on any atom is -0.477 e. The molecule has 0 aliphatic carbocycles. The van der Waals surface area contributed by atoms with Crippen LogP contribution in [-0.2, 0) is 14.4 Å². The molecule has 10 heteroatoms. The largest absolute Gasteiger partial charge is 0.477 e. The molecule has 1 heterocycles. The number of aliphatic carboxylic acids is 1. The number of ether oxygens (including phenoxy) is 1.